The maximum absolute atomic E-state index is 13.9. The highest BCUT2D eigenvalue weighted by Crippen LogP contribution is 2.53. The zero-order valence-electron chi connectivity index (χ0n) is 10.7. The fraction of sp³-hybridized carbons (Fsp3) is 0.538. The lowest BCUT2D eigenvalue weighted by Gasteiger charge is -2.30. The number of halogens is 7. The molecular weight excluding hydrogens is 289 g/mol. The minimum absolute atomic E-state index is 0.0291. The van der Waals surface area contributed by atoms with Crippen molar-refractivity contribution in [2.75, 3.05) is 0 Å². The van der Waals surface area contributed by atoms with Crippen LogP contribution in [0.5, 0.6) is 0 Å². The summed E-state index contributed by atoms with van der Waals surface area (Å²) in [5, 5.41) is 0. The van der Waals surface area contributed by atoms with E-state index in [9.17, 15) is 30.7 Å². The van der Waals surface area contributed by atoms with Crippen LogP contribution in [-0.2, 0) is 12.1 Å². The highest BCUT2D eigenvalue weighted by atomic mass is 19.4. The summed E-state index contributed by atoms with van der Waals surface area (Å²) >= 11 is 0. The van der Waals surface area contributed by atoms with Crippen LogP contribution in [0.25, 0.3) is 0 Å². The van der Waals surface area contributed by atoms with Crippen LogP contribution < -0.4 is 0 Å². The zero-order valence-corrected chi connectivity index (χ0v) is 10.7. The van der Waals surface area contributed by atoms with Crippen molar-refractivity contribution in [1.29, 1.82) is 0 Å². The minimum Gasteiger partial charge on any atom is -0.218 e. The Bertz CT molecular complexity index is 457. The molecule has 0 atom stereocenters. The van der Waals surface area contributed by atoms with Crippen molar-refractivity contribution in [3.8, 4) is 0 Å². The normalized spacial score (nSPS) is 13.7. The summed E-state index contributed by atoms with van der Waals surface area (Å²) in [5.41, 5.74) is -6.67. The van der Waals surface area contributed by atoms with Gasteiger partial charge >= 0.3 is 18.0 Å². The van der Waals surface area contributed by atoms with E-state index in [1.165, 1.54) is 6.92 Å². The van der Waals surface area contributed by atoms with Gasteiger partial charge in [0.15, 0.2) is 0 Å². The van der Waals surface area contributed by atoms with E-state index in [0.29, 0.717) is 18.6 Å². The molecule has 7 heteroatoms. The highest BCUT2D eigenvalue weighted by molar-refractivity contribution is 5.34. The third kappa shape index (κ3) is 2.91. The lowest BCUT2D eigenvalue weighted by Crippen LogP contribution is -2.50. The van der Waals surface area contributed by atoms with Crippen molar-refractivity contribution in [2.24, 2.45) is 0 Å². The maximum atomic E-state index is 13.9. The van der Waals surface area contributed by atoms with Crippen LogP contribution in [0.2, 0.25) is 0 Å². The predicted octanol–water partition coefficient (Wildman–Crippen LogP) is 5.04. The van der Waals surface area contributed by atoms with Crippen LogP contribution in [0.4, 0.5) is 30.7 Å². The predicted molar refractivity (Wildman–Crippen MR) is 58.9 cm³/mol. The van der Waals surface area contributed by atoms with Crippen molar-refractivity contribution >= 4 is 0 Å². The molecule has 0 unspecified atom stereocenters. The van der Waals surface area contributed by atoms with Crippen LogP contribution in [0, 0.1) is 13.0 Å². The van der Waals surface area contributed by atoms with Gasteiger partial charge in [-0.1, -0.05) is 25.5 Å². The lowest BCUT2D eigenvalue weighted by atomic mass is 9.90. The third-order valence-electron chi connectivity index (χ3n) is 2.76. The van der Waals surface area contributed by atoms with Gasteiger partial charge in [0.2, 0.25) is 0 Å². The van der Waals surface area contributed by atoms with E-state index in [1.807, 2.05) is 0 Å². The molecule has 1 rings (SSSR count). The van der Waals surface area contributed by atoms with Gasteiger partial charge < -0.3 is 0 Å². The number of alkyl halides is 7. The lowest BCUT2D eigenvalue weighted by molar-refractivity contribution is -0.348. The van der Waals surface area contributed by atoms with E-state index in [0.717, 1.165) is 0 Å². The smallest absolute Gasteiger partial charge is 0.218 e. The highest BCUT2D eigenvalue weighted by Gasteiger charge is 2.73. The fourth-order valence-electron chi connectivity index (χ4n) is 1.88. The summed E-state index contributed by atoms with van der Waals surface area (Å²) in [5.74, 6) is 0. The Morgan fingerprint density at radius 1 is 0.950 bits per heavy atom. The Morgan fingerprint density at radius 2 is 1.45 bits per heavy atom. The second-order valence-electron chi connectivity index (χ2n) is 4.48. The van der Waals surface area contributed by atoms with Crippen molar-refractivity contribution in [3.05, 3.63) is 34.9 Å². The molecular formula is C13H12F7. The van der Waals surface area contributed by atoms with Gasteiger partial charge in [-0.15, -0.1) is 0 Å². The molecule has 1 aromatic carbocycles. The Kier molecular flexibility index (Phi) is 4.41. The molecule has 0 aliphatic heterocycles. The Morgan fingerprint density at radius 3 is 1.85 bits per heavy atom. The standard InChI is InChI=1S/C13H12F7/c1-3-4-9-5-8(2)6-10(7-9)11(14,12(15,16)17)13(18,19)20/h6-7H,3-4H2,1-2H3. The molecule has 0 amide bonds. The van der Waals surface area contributed by atoms with Crippen molar-refractivity contribution in [3.63, 3.8) is 0 Å². The molecule has 0 nitrogen and oxygen atoms in total. The Balaban J connectivity index is 3.51. The number of hydrogen-bond acceptors (Lipinski definition) is 0. The van der Waals surface area contributed by atoms with E-state index in [-0.39, 0.29) is 17.5 Å². The molecule has 0 saturated carbocycles. The molecule has 0 saturated heterocycles. The van der Waals surface area contributed by atoms with E-state index >= 15 is 0 Å². The molecule has 1 aromatic rings. The largest absolute Gasteiger partial charge is 0.435 e. The third-order valence-corrected chi connectivity index (χ3v) is 2.76. The van der Waals surface area contributed by atoms with Crippen LogP contribution in [0.1, 0.15) is 30.0 Å². The Hall–Kier alpha value is -1.27. The van der Waals surface area contributed by atoms with Gasteiger partial charge in [0.1, 0.15) is 0 Å². The van der Waals surface area contributed by atoms with Gasteiger partial charge in [-0.05, 0) is 30.5 Å². The first kappa shape index (κ1) is 16.8. The molecule has 0 aromatic heterocycles. The molecule has 113 valence electrons. The number of hydrogen-bond donors (Lipinski definition) is 0. The topological polar surface area (TPSA) is 0 Å². The quantitative estimate of drug-likeness (QED) is 0.686. The SMILES string of the molecule is CCCc1[c]c(C)cc(C(F)(C(F)(F)F)C(F)(F)F)c1. The zero-order chi connectivity index (χ0) is 15.8. The molecule has 0 N–H and O–H groups in total. The van der Waals surface area contributed by atoms with E-state index < -0.39 is 23.6 Å². The van der Waals surface area contributed by atoms with Gasteiger partial charge in [-0.25, -0.2) is 4.39 Å². The van der Waals surface area contributed by atoms with Crippen LogP contribution >= 0.6 is 0 Å². The molecule has 0 bridgehead atoms. The van der Waals surface area contributed by atoms with E-state index in [1.54, 1.807) is 6.92 Å². The summed E-state index contributed by atoms with van der Waals surface area (Å²) in [6.45, 7) is 2.97. The van der Waals surface area contributed by atoms with Crippen molar-refractivity contribution < 1.29 is 30.7 Å². The van der Waals surface area contributed by atoms with E-state index in [2.05, 4.69) is 6.07 Å². The van der Waals surface area contributed by atoms with Crippen molar-refractivity contribution in [1.82, 2.24) is 0 Å². The number of rotatable bonds is 3. The molecule has 0 heterocycles. The van der Waals surface area contributed by atoms with Gasteiger partial charge in [-0.2, -0.15) is 26.3 Å². The second-order valence-corrected chi connectivity index (χ2v) is 4.48. The van der Waals surface area contributed by atoms with Gasteiger partial charge in [0.05, 0.1) is 0 Å². The molecule has 0 aliphatic carbocycles. The second kappa shape index (κ2) is 5.26. The molecule has 0 aliphatic rings. The first-order chi connectivity index (χ1) is 8.93. The van der Waals surface area contributed by atoms with Crippen molar-refractivity contribution in [2.45, 2.75) is 44.7 Å². The maximum Gasteiger partial charge on any atom is 0.435 e. The average Bonchev–Trinajstić information content (AvgIpc) is 2.24. The summed E-state index contributed by atoms with van der Waals surface area (Å²) < 4.78 is 89.7. The summed E-state index contributed by atoms with van der Waals surface area (Å²) in [7, 11) is 0. The van der Waals surface area contributed by atoms with Crippen LogP contribution in [0.3, 0.4) is 0 Å². The summed E-state index contributed by atoms with van der Waals surface area (Å²) in [6, 6.07) is 3.73. The monoisotopic (exact) mass is 301 g/mol. The number of aryl methyl sites for hydroxylation is 2. The molecule has 20 heavy (non-hydrogen) atoms. The Labute approximate surface area is 111 Å². The average molecular weight is 301 g/mol. The minimum atomic E-state index is -6.08. The number of benzene rings is 1. The van der Waals surface area contributed by atoms with Crippen LogP contribution in [0.15, 0.2) is 12.1 Å². The van der Waals surface area contributed by atoms with Gasteiger partial charge in [-0.3, -0.25) is 0 Å². The molecule has 0 fully saturated rings. The first-order valence-corrected chi connectivity index (χ1v) is 5.79. The van der Waals surface area contributed by atoms with Gasteiger partial charge in [0, 0.05) is 5.56 Å². The first-order valence-electron chi connectivity index (χ1n) is 5.79. The fourth-order valence-corrected chi connectivity index (χ4v) is 1.88. The summed E-state index contributed by atoms with van der Waals surface area (Å²) in [6.07, 6.45) is -11.4. The molecule has 0 spiro atoms. The van der Waals surface area contributed by atoms with E-state index in [4.69, 9.17) is 0 Å². The summed E-state index contributed by atoms with van der Waals surface area (Å²) in [4.78, 5) is 0. The van der Waals surface area contributed by atoms with Crippen LogP contribution in [-0.4, -0.2) is 12.4 Å². The molecule has 1 radical (unpaired) electrons. The van der Waals surface area contributed by atoms with Gasteiger partial charge in [0.25, 0.3) is 0 Å².